The van der Waals surface area contributed by atoms with Crippen LogP contribution in [0, 0.1) is 5.41 Å². The Kier molecular flexibility index (Phi) is 3.81. The van der Waals surface area contributed by atoms with Crippen LogP contribution in [0.5, 0.6) is 0 Å². The van der Waals surface area contributed by atoms with Gasteiger partial charge in [0.2, 0.25) is 0 Å². The Hall–Kier alpha value is -2.41. The largest absolute Gasteiger partial charge is 0.478 e. The molecule has 0 atom stereocenters. The number of amidine groups is 1. The molecule has 1 saturated heterocycles. The van der Waals surface area contributed by atoms with Crippen LogP contribution in [0.2, 0.25) is 0 Å². The van der Waals surface area contributed by atoms with Crippen molar-refractivity contribution >= 4 is 28.5 Å². The number of rotatable bonds is 3. The number of hydrogen-bond acceptors (Lipinski definition) is 4. The van der Waals surface area contributed by atoms with Crippen molar-refractivity contribution in [3.05, 3.63) is 24.0 Å². The van der Waals surface area contributed by atoms with Crippen molar-refractivity contribution < 1.29 is 9.90 Å². The minimum absolute atomic E-state index is 0.161. The first-order valence-corrected chi connectivity index (χ1v) is 7.33. The van der Waals surface area contributed by atoms with E-state index >= 15 is 0 Å². The Morgan fingerprint density at radius 1 is 1.41 bits per heavy atom. The zero-order valence-corrected chi connectivity index (χ0v) is 12.4. The van der Waals surface area contributed by atoms with Crippen LogP contribution in [0.25, 0.3) is 11.0 Å². The molecule has 1 aliphatic heterocycles. The van der Waals surface area contributed by atoms with Crippen LogP contribution in [0.1, 0.15) is 30.1 Å². The molecule has 0 spiro atoms. The summed E-state index contributed by atoms with van der Waals surface area (Å²) < 4.78 is 0. The highest BCUT2D eigenvalue weighted by Gasteiger charge is 2.25. The summed E-state index contributed by atoms with van der Waals surface area (Å²) in [4.78, 5) is 20.5. The molecule has 22 heavy (non-hydrogen) atoms. The maximum atomic E-state index is 11.5. The van der Waals surface area contributed by atoms with E-state index in [0.717, 1.165) is 31.6 Å². The van der Waals surface area contributed by atoms with E-state index in [2.05, 4.69) is 15.3 Å². The number of piperidine rings is 1. The summed E-state index contributed by atoms with van der Waals surface area (Å²) in [7, 11) is 0. The first-order valence-electron chi connectivity index (χ1n) is 7.33. The number of hydrogen-bond donors (Lipinski definition) is 4. The fraction of sp³-hybridized carbons (Fsp3) is 0.400. The Balaban J connectivity index is 2.09. The van der Waals surface area contributed by atoms with Crippen molar-refractivity contribution in [3.8, 4) is 0 Å². The molecule has 1 fully saturated rings. The second-order valence-corrected chi connectivity index (χ2v) is 5.53. The lowest BCUT2D eigenvalue weighted by atomic mass is 10.0. The minimum Gasteiger partial charge on any atom is -0.478 e. The number of benzene rings is 1. The molecule has 0 aliphatic carbocycles. The minimum atomic E-state index is -1.01. The van der Waals surface area contributed by atoms with Gasteiger partial charge < -0.3 is 20.3 Å². The Labute approximate surface area is 127 Å². The van der Waals surface area contributed by atoms with E-state index in [4.69, 9.17) is 5.41 Å². The molecule has 7 heteroatoms. The molecule has 7 nitrogen and oxygen atoms in total. The van der Waals surface area contributed by atoms with E-state index in [9.17, 15) is 9.90 Å². The van der Waals surface area contributed by atoms with Crippen molar-refractivity contribution in [2.45, 2.75) is 25.8 Å². The van der Waals surface area contributed by atoms with Gasteiger partial charge in [-0.05, 0) is 45.0 Å². The van der Waals surface area contributed by atoms with E-state index in [-0.39, 0.29) is 11.6 Å². The number of aromatic amines is 1. The van der Waals surface area contributed by atoms with Crippen molar-refractivity contribution in [3.63, 3.8) is 0 Å². The summed E-state index contributed by atoms with van der Waals surface area (Å²) in [5.41, 5.74) is 2.02. The first-order chi connectivity index (χ1) is 10.6. The van der Waals surface area contributed by atoms with E-state index in [1.54, 1.807) is 13.0 Å². The molecule has 1 aromatic carbocycles. The van der Waals surface area contributed by atoms with Gasteiger partial charge in [0, 0.05) is 11.7 Å². The summed E-state index contributed by atoms with van der Waals surface area (Å²) in [6.07, 6.45) is 3.35. The van der Waals surface area contributed by atoms with Gasteiger partial charge in [-0.15, -0.1) is 0 Å². The highest BCUT2D eigenvalue weighted by Crippen LogP contribution is 2.28. The summed E-state index contributed by atoms with van der Waals surface area (Å²) >= 11 is 0. The van der Waals surface area contributed by atoms with E-state index in [0.29, 0.717) is 16.9 Å². The maximum absolute atomic E-state index is 11.5. The molecule has 1 aliphatic rings. The number of nitrogens with one attached hydrogen (secondary N) is 3. The maximum Gasteiger partial charge on any atom is 0.338 e. The number of carbonyl (C=O) groups is 1. The second kappa shape index (κ2) is 5.76. The van der Waals surface area contributed by atoms with Crippen LogP contribution >= 0.6 is 0 Å². The van der Waals surface area contributed by atoms with Crippen LogP contribution in [-0.2, 0) is 0 Å². The number of aromatic carboxylic acids is 1. The summed E-state index contributed by atoms with van der Waals surface area (Å²) in [5, 5.41) is 20.8. The van der Waals surface area contributed by atoms with Crippen LogP contribution < -0.4 is 10.2 Å². The van der Waals surface area contributed by atoms with E-state index < -0.39 is 5.97 Å². The topological polar surface area (TPSA) is 105 Å². The predicted octanol–water partition coefficient (Wildman–Crippen LogP) is 1.82. The third kappa shape index (κ3) is 2.55. The number of aromatic nitrogens is 2. The van der Waals surface area contributed by atoms with Crippen molar-refractivity contribution in [2.24, 2.45) is 0 Å². The highest BCUT2D eigenvalue weighted by atomic mass is 16.4. The number of carboxylic acids is 1. The zero-order chi connectivity index (χ0) is 15.7. The predicted molar refractivity (Wildman–Crippen MR) is 84.8 cm³/mol. The molecule has 0 amide bonds. The standard InChI is InChI=1S/C15H19N5O2/c1-9(16)20(10-2-4-17-5-3-10)11-6-12(15(21)22)14-13(7-11)18-8-19-14/h6-8,10,16-17H,2-5H2,1H3,(H,18,19)(H,21,22). The smallest absolute Gasteiger partial charge is 0.338 e. The fourth-order valence-corrected chi connectivity index (χ4v) is 3.08. The van der Waals surface area contributed by atoms with Gasteiger partial charge >= 0.3 is 5.97 Å². The number of anilines is 1. The molecule has 3 rings (SSSR count). The third-order valence-electron chi connectivity index (χ3n) is 4.05. The summed E-state index contributed by atoms with van der Waals surface area (Å²) in [5.74, 6) is -0.589. The van der Waals surface area contributed by atoms with E-state index in [1.807, 2.05) is 11.0 Å². The summed E-state index contributed by atoms with van der Waals surface area (Å²) in [6.45, 7) is 3.55. The van der Waals surface area contributed by atoms with Gasteiger partial charge in [-0.25, -0.2) is 9.78 Å². The van der Waals surface area contributed by atoms with E-state index in [1.165, 1.54) is 6.33 Å². The second-order valence-electron chi connectivity index (χ2n) is 5.53. The highest BCUT2D eigenvalue weighted by molar-refractivity contribution is 6.05. The van der Waals surface area contributed by atoms with Gasteiger partial charge in [0.25, 0.3) is 0 Å². The lowest BCUT2D eigenvalue weighted by Gasteiger charge is -2.35. The molecular formula is C15H19N5O2. The van der Waals surface area contributed by atoms with Gasteiger partial charge in [-0.2, -0.15) is 0 Å². The lowest BCUT2D eigenvalue weighted by Crippen LogP contribution is -2.45. The Morgan fingerprint density at radius 3 is 2.77 bits per heavy atom. The number of H-pyrrole nitrogens is 1. The van der Waals surface area contributed by atoms with Crippen LogP contribution in [0.3, 0.4) is 0 Å². The molecule has 0 bridgehead atoms. The summed E-state index contributed by atoms with van der Waals surface area (Å²) in [6, 6.07) is 3.70. The van der Waals surface area contributed by atoms with Gasteiger partial charge in [-0.3, -0.25) is 5.41 Å². The number of carboxylic acid groups (broad SMARTS) is 1. The molecule has 4 N–H and O–H groups in total. The van der Waals surface area contributed by atoms with Crippen molar-refractivity contribution in [2.75, 3.05) is 18.0 Å². The van der Waals surface area contributed by atoms with Crippen LogP contribution in [0.4, 0.5) is 5.69 Å². The molecule has 1 aromatic heterocycles. The molecule has 2 heterocycles. The average Bonchev–Trinajstić information content (AvgIpc) is 2.95. The van der Waals surface area contributed by atoms with Crippen molar-refractivity contribution in [1.82, 2.24) is 15.3 Å². The Morgan fingerprint density at radius 2 is 2.14 bits per heavy atom. The number of imidazole rings is 1. The lowest BCUT2D eigenvalue weighted by molar-refractivity contribution is 0.0699. The third-order valence-corrected chi connectivity index (χ3v) is 4.05. The van der Waals surface area contributed by atoms with Gasteiger partial charge in [0.05, 0.1) is 23.2 Å². The molecule has 0 saturated carbocycles. The molecule has 0 unspecified atom stereocenters. The first kappa shape index (κ1) is 14.5. The number of nitrogens with zero attached hydrogens (tertiary/aromatic N) is 2. The van der Waals surface area contributed by atoms with Gasteiger partial charge in [0.15, 0.2) is 0 Å². The van der Waals surface area contributed by atoms with Gasteiger partial charge in [0.1, 0.15) is 5.52 Å². The van der Waals surface area contributed by atoms with Crippen LogP contribution in [0.15, 0.2) is 18.5 Å². The number of fused-ring (bicyclic) bond motifs is 1. The fourth-order valence-electron chi connectivity index (χ4n) is 3.08. The molecular weight excluding hydrogens is 282 g/mol. The molecule has 116 valence electrons. The molecule has 0 radical (unpaired) electrons. The SMILES string of the molecule is CC(=N)N(c1cc(C(=O)O)c2nc[nH]c2c1)C1CCNCC1. The molecule has 2 aromatic rings. The van der Waals surface area contributed by atoms with Crippen LogP contribution in [-0.4, -0.2) is 46.0 Å². The zero-order valence-electron chi connectivity index (χ0n) is 12.4. The normalized spacial score (nSPS) is 15.9. The average molecular weight is 301 g/mol. The monoisotopic (exact) mass is 301 g/mol. The van der Waals surface area contributed by atoms with Gasteiger partial charge in [-0.1, -0.05) is 0 Å². The van der Waals surface area contributed by atoms with Crippen molar-refractivity contribution in [1.29, 1.82) is 5.41 Å². The quantitative estimate of drug-likeness (QED) is 0.511. The Bertz CT molecular complexity index is 718.